The summed E-state index contributed by atoms with van der Waals surface area (Å²) in [6.45, 7) is 6.17. The summed E-state index contributed by atoms with van der Waals surface area (Å²) in [4.78, 5) is 2.33. The average molecular weight is 238 g/mol. The van der Waals surface area contributed by atoms with Crippen LogP contribution in [0.2, 0.25) is 0 Å². The molecule has 0 atom stereocenters. The fourth-order valence-electron chi connectivity index (χ4n) is 3.12. The number of hydrogen-bond donors (Lipinski definition) is 1. The maximum Gasteiger partial charge on any atom is 0.0904 e. The Balaban J connectivity index is 2.11. The van der Waals surface area contributed by atoms with Gasteiger partial charge >= 0.3 is 0 Å². The van der Waals surface area contributed by atoms with Crippen LogP contribution in [0.3, 0.4) is 0 Å². The molecule has 0 bridgehead atoms. The summed E-state index contributed by atoms with van der Waals surface area (Å²) in [5, 5.41) is 20.4. The molecule has 1 N–H and O–H groups in total. The van der Waals surface area contributed by atoms with Gasteiger partial charge in [0, 0.05) is 26.3 Å². The lowest BCUT2D eigenvalue weighted by Crippen LogP contribution is -2.56. The van der Waals surface area contributed by atoms with Crippen molar-refractivity contribution in [2.45, 2.75) is 38.2 Å². The monoisotopic (exact) mass is 238 g/mol. The van der Waals surface area contributed by atoms with Crippen LogP contribution in [0.4, 0.5) is 0 Å². The van der Waals surface area contributed by atoms with Gasteiger partial charge in [0.1, 0.15) is 0 Å². The molecule has 0 spiro atoms. The van der Waals surface area contributed by atoms with E-state index in [0.717, 1.165) is 19.6 Å². The second kappa shape index (κ2) is 4.93. The third kappa shape index (κ3) is 2.20. The second-order valence-corrected chi connectivity index (χ2v) is 5.27. The smallest absolute Gasteiger partial charge is 0.0904 e. The Bertz CT molecular complexity index is 297. The van der Waals surface area contributed by atoms with Crippen LogP contribution < -0.4 is 0 Å². The zero-order valence-corrected chi connectivity index (χ0v) is 10.6. The van der Waals surface area contributed by atoms with Gasteiger partial charge in [-0.1, -0.05) is 6.92 Å². The van der Waals surface area contributed by atoms with E-state index in [2.05, 4.69) is 17.9 Å². The van der Waals surface area contributed by atoms with Gasteiger partial charge in [-0.25, -0.2) is 0 Å². The maximum atomic E-state index is 10.9. The van der Waals surface area contributed by atoms with Crippen molar-refractivity contribution < 1.29 is 9.84 Å². The molecule has 0 radical (unpaired) electrons. The van der Waals surface area contributed by atoms with Gasteiger partial charge in [0.2, 0.25) is 0 Å². The van der Waals surface area contributed by atoms with Crippen molar-refractivity contribution in [1.82, 2.24) is 4.90 Å². The summed E-state index contributed by atoms with van der Waals surface area (Å²) in [6.07, 6.45) is 2.78. The van der Waals surface area contributed by atoms with Gasteiger partial charge in [0.15, 0.2) is 0 Å². The normalized spacial score (nSPS) is 28.5. The van der Waals surface area contributed by atoms with Crippen LogP contribution in [-0.2, 0) is 4.74 Å². The molecule has 0 aromatic rings. The van der Waals surface area contributed by atoms with Crippen molar-refractivity contribution in [3.05, 3.63) is 0 Å². The van der Waals surface area contributed by atoms with Crippen molar-refractivity contribution in [3.8, 4) is 6.07 Å². The van der Waals surface area contributed by atoms with E-state index in [1.165, 1.54) is 0 Å². The van der Waals surface area contributed by atoms with E-state index in [1.54, 1.807) is 0 Å². The molecule has 4 heteroatoms. The Morgan fingerprint density at radius 2 is 1.82 bits per heavy atom. The summed E-state index contributed by atoms with van der Waals surface area (Å²) in [5.74, 6) is 0. The van der Waals surface area contributed by atoms with Crippen LogP contribution in [-0.4, -0.2) is 48.5 Å². The van der Waals surface area contributed by atoms with Gasteiger partial charge in [-0.05, 0) is 32.2 Å². The lowest BCUT2D eigenvalue weighted by Gasteiger charge is -2.48. The first-order chi connectivity index (χ1) is 8.16. The van der Waals surface area contributed by atoms with Gasteiger partial charge in [-0.2, -0.15) is 5.26 Å². The summed E-state index contributed by atoms with van der Waals surface area (Å²) in [5.41, 5.74) is -1.39. The van der Waals surface area contributed by atoms with Gasteiger partial charge in [0.25, 0.3) is 0 Å². The highest BCUT2D eigenvalue weighted by Gasteiger charge is 2.52. The SMILES string of the molecule is CCN1CCC(O)(C2(C#N)CCOCC2)CC1. The fraction of sp³-hybridized carbons (Fsp3) is 0.923. The van der Waals surface area contributed by atoms with Crippen LogP contribution in [0.5, 0.6) is 0 Å². The van der Waals surface area contributed by atoms with Gasteiger partial charge in [-0.15, -0.1) is 0 Å². The van der Waals surface area contributed by atoms with E-state index < -0.39 is 11.0 Å². The van der Waals surface area contributed by atoms with E-state index in [0.29, 0.717) is 38.9 Å². The third-order valence-corrected chi connectivity index (χ3v) is 4.58. The topological polar surface area (TPSA) is 56.5 Å². The number of nitrogens with zero attached hydrogens (tertiary/aromatic N) is 2. The van der Waals surface area contributed by atoms with Crippen LogP contribution in [0.25, 0.3) is 0 Å². The van der Waals surface area contributed by atoms with Crippen molar-refractivity contribution in [2.75, 3.05) is 32.8 Å². The molecule has 0 aromatic carbocycles. The first-order valence-corrected chi connectivity index (χ1v) is 6.59. The van der Waals surface area contributed by atoms with E-state index in [9.17, 15) is 10.4 Å². The lowest BCUT2D eigenvalue weighted by atomic mass is 9.64. The molecule has 17 heavy (non-hydrogen) atoms. The summed E-state index contributed by atoms with van der Waals surface area (Å²) in [7, 11) is 0. The molecule has 0 aromatic heterocycles. The molecule has 4 nitrogen and oxygen atoms in total. The van der Waals surface area contributed by atoms with Crippen molar-refractivity contribution in [2.24, 2.45) is 5.41 Å². The average Bonchev–Trinajstić information content (AvgIpc) is 2.40. The van der Waals surface area contributed by atoms with Crippen molar-refractivity contribution in [3.63, 3.8) is 0 Å². The minimum absolute atomic E-state index is 0.578. The number of hydrogen-bond acceptors (Lipinski definition) is 4. The predicted octanol–water partition coefficient (Wildman–Crippen LogP) is 1.15. The highest BCUT2D eigenvalue weighted by molar-refractivity contribution is 5.13. The molecule has 2 heterocycles. The largest absolute Gasteiger partial charge is 0.388 e. The standard InChI is InChI=1S/C13H22N2O2/c1-2-15-7-3-13(16,4-8-15)12(11-14)5-9-17-10-6-12/h16H,2-10H2,1H3. The maximum absolute atomic E-state index is 10.9. The molecule has 96 valence electrons. The molecular weight excluding hydrogens is 216 g/mol. The molecule has 2 saturated heterocycles. The number of rotatable bonds is 2. The fourth-order valence-corrected chi connectivity index (χ4v) is 3.12. The van der Waals surface area contributed by atoms with E-state index in [-0.39, 0.29) is 0 Å². The Hall–Kier alpha value is -0.630. The van der Waals surface area contributed by atoms with Crippen LogP contribution in [0.1, 0.15) is 32.6 Å². The molecule has 2 rings (SSSR count). The van der Waals surface area contributed by atoms with Gasteiger partial charge in [0.05, 0.1) is 17.1 Å². The number of aliphatic hydroxyl groups is 1. The molecule has 0 saturated carbocycles. The highest BCUT2D eigenvalue weighted by atomic mass is 16.5. The Morgan fingerprint density at radius 1 is 1.24 bits per heavy atom. The van der Waals surface area contributed by atoms with Gasteiger partial charge in [-0.3, -0.25) is 0 Å². The molecular formula is C13H22N2O2. The quantitative estimate of drug-likeness (QED) is 0.784. The second-order valence-electron chi connectivity index (χ2n) is 5.27. The van der Waals surface area contributed by atoms with Crippen LogP contribution in [0, 0.1) is 16.7 Å². The molecule has 2 fully saturated rings. The van der Waals surface area contributed by atoms with Crippen LogP contribution >= 0.6 is 0 Å². The molecule has 0 aliphatic carbocycles. The molecule has 2 aliphatic rings. The van der Waals surface area contributed by atoms with E-state index in [1.807, 2.05) is 0 Å². The van der Waals surface area contributed by atoms with Gasteiger partial charge < -0.3 is 14.7 Å². The number of ether oxygens (including phenoxy) is 1. The molecule has 2 aliphatic heterocycles. The number of likely N-dealkylation sites (tertiary alicyclic amines) is 1. The summed E-state index contributed by atoms with van der Waals surface area (Å²) in [6, 6.07) is 2.41. The zero-order chi connectivity index (χ0) is 12.4. The Labute approximate surface area is 103 Å². The first-order valence-electron chi connectivity index (χ1n) is 6.59. The minimum atomic E-state index is -0.808. The van der Waals surface area contributed by atoms with E-state index >= 15 is 0 Å². The molecule has 0 unspecified atom stereocenters. The summed E-state index contributed by atoms with van der Waals surface area (Å²) >= 11 is 0. The first kappa shape index (κ1) is 12.8. The van der Waals surface area contributed by atoms with Crippen molar-refractivity contribution in [1.29, 1.82) is 5.26 Å². The summed E-state index contributed by atoms with van der Waals surface area (Å²) < 4.78 is 5.33. The zero-order valence-electron chi connectivity index (χ0n) is 10.6. The number of nitriles is 1. The van der Waals surface area contributed by atoms with E-state index in [4.69, 9.17) is 4.74 Å². The lowest BCUT2D eigenvalue weighted by molar-refractivity contribution is -0.131. The molecule has 0 amide bonds. The van der Waals surface area contributed by atoms with Crippen LogP contribution in [0.15, 0.2) is 0 Å². The number of piperidine rings is 1. The Morgan fingerprint density at radius 3 is 2.29 bits per heavy atom. The van der Waals surface area contributed by atoms with Crippen molar-refractivity contribution >= 4 is 0 Å². The predicted molar refractivity (Wildman–Crippen MR) is 64.4 cm³/mol. The third-order valence-electron chi connectivity index (χ3n) is 4.58. The highest BCUT2D eigenvalue weighted by Crippen LogP contribution is 2.46. The Kier molecular flexibility index (Phi) is 3.72. The minimum Gasteiger partial charge on any atom is -0.388 e.